The Labute approximate surface area is 122 Å². The van der Waals surface area contributed by atoms with E-state index in [4.69, 9.17) is 9.84 Å². The van der Waals surface area contributed by atoms with Gasteiger partial charge in [0, 0.05) is 18.5 Å². The summed E-state index contributed by atoms with van der Waals surface area (Å²) in [6.07, 6.45) is 0. The molecular weight excluding hydrogens is 274 g/mol. The van der Waals surface area contributed by atoms with Crippen LogP contribution in [0.2, 0.25) is 0 Å². The van der Waals surface area contributed by atoms with Crippen LogP contribution in [0.5, 0.6) is 0 Å². The summed E-state index contributed by atoms with van der Waals surface area (Å²) in [5.74, 6) is -0.350. The molecule has 0 unspecified atom stereocenters. The molecular formula is C15H17NO3S. The highest BCUT2D eigenvalue weighted by Gasteiger charge is 2.20. The van der Waals surface area contributed by atoms with E-state index in [1.165, 1.54) is 18.4 Å². The molecule has 106 valence electrons. The highest BCUT2D eigenvalue weighted by Crippen LogP contribution is 2.36. The third kappa shape index (κ3) is 3.00. The van der Waals surface area contributed by atoms with Gasteiger partial charge in [-0.3, -0.25) is 0 Å². The molecule has 0 spiro atoms. The van der Waals surface area contributed by atoms with Crippen LogP contribution >= 0.6 is 11.3 Å². The average molecular weight is 291 g/mol. The van der Waals surface area contributed by atoms with E-state index in [0.29, 0.717) is 11.4 Å². The number of esters is 1. The molecule has 0 aliphatic carbocycles. The summed E-state index contributed by atoms with van der Waals surface area (Å²) in [5, 5.41) is 9.05. The maximum atomic E-state index is 11.9. The van der Waals surface area contributed by atoms with Gasteiger partial charge in [0.2, 0.25) is 0 Å². The van der Waals surface area contributed by atoms with Gasteiger partial charge in [0.05, 0.1) is 19.4 Å². The highest BCUT2D eigenvalue weighted by molar-refractivity contribution is 7.18. The van der Waals surface area contributed by atoms with Crippen molar-refractivity contribution in [3.8, 4) is 10.4 Å². The first kappa shape index (κ1) is 14.6. The molecule has 2 aromatic rings. The number of methoxy groups -OCH3 is 1. The number of hydrogen-bond donors (Lipinski definition) is 1. The van der Waals surface area contributed by atoms with Crippen molar-refractivity contribution in [3.63, 3.8) is 0 Å². The second kappa shape index (κ2) is 6.54. The van der Waals surface area contributed by atoms with Crippen molar-refractivity contribution >= 4 is 23.0 Å². The Hall–Kier alpha value is -1.85. The first-order chi connectivity index (χ1) is 9.67. The molecule has 20 heavy (non-hydrogen) atoms. The van der Waals surface area contributed by atoms with Gasteiger partial charge in [-0.05, 0) is 11.6 Å². The largest absolute Gasteiger partial charge is 0.465 e. The number of anilines is 1. The summed E-state index contributed by atoms with van der Waals surface area (Å²) in [6, 6.07) is 11.8. The Morgan fingerprint density at radius 1 is 1.35 bits per heavy atom. The molecule has 0 radical (unpaired) electrons. The monoisotopic (exact) mass is 291 g/mol. The molecule has 0 aliphatic heterocycles. The Balaban J connectivity index is 2.44. The molecule has 2 rings (SSSR count). The standard InChI is InChI=1S/C15H17NO3S/c1-16(8-9-17)12-10-13(11-6-4-3-5-7-11)20-14(12)15(18)19-2/h3-7,10,17H,8-9H2,1-2H3. The molecule has 0 saturated carbocycles. The first-order valence-corrected chi connectivity index (χ1v) is 7.08. The number of thiophene rings is 1. The molecule has 1 N–H and O–H groups in total. The number of carbonyl (C=O) groups is 1. The second-order valence-electron chi connectivity index (χ2n) is 4.33. The van der Waals surface area contributed by atoms with E-state index in [-0.39, 0.29) is 12.6 Å². The number of ether oxygens (including phenoxy) is 1. The molecule has 0 amide bonds. The Bertz CT molecular complexity index is 580. The molecule has 0 fully saturated rings. The van der Waals surface area contributed by atoms with Gasteiger partial charge < -0.3 is 14.7 Å². The summed E-state index contributed by atoms with van der Waals surface area (Å²) < 4.78 is 4.84. The highest BCUT2D eigenvalue weighted by atomic mass is 32.1. The van der Waals surface area contributed by atoms with Gasteiger partial charge in [-0.25, -0.2) is 4.79 Å². The van der Waals surface area contributed by atoms with Gasteiger partial charge in [-0.15, -0.1) is 11.3 Å². The number of rotatable bonds is 5. The van der Waals surface area contributed by atoms with Gasteiger partial charge in [0.25, 0.3) is 0 Å². The third-order valence-electron chi connectivity index (χ3n) is 2.99. The Morgan fingerprint density at radius 3 is 2.65 bits per heavy atom. The van der Waals surface area contributed by atoms with Gasteiger partial charge >= 0.3 is 5.97 Å². The van der Waals surface area contributed by atoms with Crippen LogP contribution in [0.3, 0.4) is 0 Å². The van der Waals surface area contributed by atoms with Crippen molar-refractivity contribution in [3.05, 3.63) is 41.3 Å². The summed E-state index contributed by atoms with van der Waals surface area (Å²) in [4.78, 5) is 15.3. The molecule has 0 bridgehead atoms. The average Bonchev–Trinajstić information content (AvgIpc) is 2.93. The van der Waals surface area contributed by atoms with E-state index in [1.807, 2.05) is 48.3 Å². The summed E-state index contributed by atoms with van der Waals surface area (Å²) in [5.41, 5.74) is 1.85. The third-order valence-corrected chi connectivity index (χ3v) is 4.14. The summed E-state index contributed by atoms with van der Waals surface area (Å²) >= 11 is 1.40. The number of likely N-dealkylation sites (N-methyl/N-ethyl adjacent to an activating group) is 1. The van der Waals surface area contributed by atoms with Gasteiger partial charge in [-0.2, -0.15) is 0 Å². The zero-order chi connectivity index (χ0) is 14.5. The van der Waals surface area contributed by atoms with Crippen molar-refractivity contribution in [1.82, 2.24) is 0 Å². The molecule has 1 aromatic carbocycles. The van der Waals surface area contributed by atoms with Crippen LogP contribution in [0.1, 0.15) is 9.67 Å². The van der Waals surface area contributed by atoms with Gasteiger partial charge in [0.15, 0.2) is 0 Å². The van der Waals surface area contributed by atoms with E-state index in [0.717, 1.165) is 16.1 Å². The maximum Gasteiger partial charge on any atom is 0.350 e. The van der Waals surface area contributed by atoms with Crippen LogP contribution in [-0.4, -0.2) is 38.4 Å². The van der Waals surface area contributed by atoms with Crippen molar-refractivity contribution in [2.45, 2.75) is 0 Å². The lowest BCUT2D eigenvalue weighted by Gasteiger charge is -2.17. The van der Waals surface area contributed by atoms with Crippen LogP contribution in [0.15, 0.2) is 36.4 Å². The fraction of sp³-hybridized carbons (Fsp3) is 0.267. The van der Waals surface area contributed by atoms with Gasteiger partial charge in [-0.1, -0.05) is 30.3 Å². The molecule has 1 heterocycles. The normalized spacial score (nSPS) is 10.3. The van der Waals surface area contributed by atoms with E-state index in [9.17, 15) is 4.79 Å². The number of carbonyl (C=O) groups excluding carboxylic acids is 1. The Morgan fingerprint density at radius 2 is 2.05 bits per heavy atom. The minimum Gasteiger partial charge on any atom is -0.465 e. The lowest BCUT2D eigenvalue weighted by atomic mass is 10.2. The number of nitrogens with zero attached hydrogens (tertiary/aromatic N) is 1. The van der Waals surface area contributed by atoms with E-state index < -0.39 is 0 Å². The summed E-state index contributed by atoms with van der Waals surface area (Å²) in [6.45, 7) is 0.503. The van der Waals surface area contributed by atoms with Crippen molar-refractivity contribution in [2.75, 3.05) is 32.2 Å². The molecule has 4 nitrogen and oxygen atoms in total. The zero-order valence-corrected chi connectivity index (χ0v) is 12.3. The zero-order valence-electron chi connectivity index (χ0n) is 11.5. The topological polar surface area (TPSA) is 49.8 Å². The first-order valence-electron chi connectivity index (χ1n) is 6.27. The minimum atomic E-state index is -0.350. The van der Waals surface area contributed by atoms with Crippen molar-refractivity contribution < 1.29 is 14.6 Å². The smallest absolute Gasteiger partial charge is 0.350 e. The van der Waals surface area contributed by atoms with Crippen molar-refractivity contribution in [2.24, 2.45) is 0 Å². The van der Waals surface area contributed by atoms with Crippen LogP contribution in [-0.2, 0) is 4.74 Å². The Kier molecular flexibility index (Phi) is 4.76. The maximum absolute atomic E-state index is 11.9. The van der Waals surface area contributed by atoms with Crippen molar-refractivity contribution in [1.29, 1.82) is 0 Å². The molecule has 5 heteroatoms. The fourth-order valence-corrected chi connectivity index (χ4v) is 3.05. The van der Waals surface area contributed by atoms with E-state index in [2.05, 4.69) is 0 Å². The predicted octanol–water partition coefficient (Wildman–Crippen LogP) is 2.63. The molecule has 0 atom stereocenters. The lowest BCUT2D eigenvalue weighted by molar-refractivity contribution is 0.0607. The van der Waals surface area contributed by atoms with Crippen LogP contribution in [0.25, 0.3) is 10.4 Å². The number of hydrogen-bond acceptors (Lipinski definition) is 5. The predicted molar refractivity (Wildman–Crippen MR) is 81.5 cm³/mol. The van der Waals surface area contributed by atoms with Crippen LogP contribution in [0.4, 0.5) is 5.69 Å². The molecule has 0 saturated heterocycles. The number of benzene rings is 1. The number of aliphatic hydroxyl groups is 1. The van der Waals surface area contributed by atoms with Crippen LogP contribution < -0.4 is 4.90 Å². The van der Waals surface area contributed by atoms with E-state index in [1.54, 1.807) is 0 Å². The van der Waals surface area contributed by atoms with Crippen LogP contribution in [0, 0.1) is 0 Å². The van der Waals surface area contributed by atoms with E-state index >= 15 is 0 Å². The number of aliphatic hydroxyl groups excluding tert-OH is 1. The summed E-state index contributed by atoms with van der Waals surface area (Å²) in [7, 11) is 3.22. The lowest BCUT2D eigenvalue weighted by Crippen LogP contribution is -2.22. The molecule has 0 aliphatic rings. The fourth-order valence-electron chi connectivity index (χ4n) is 1.92. The van der Waals surface area contributed by atoms with Gasteiger partial charge in [0.1, 0.15) is 4.88 Å². The minimum absolute atomic E-state index is 0.0353. The SMILES string of the molecule is COC(=O)c1sc(-c2ccccc2)cc1N(C)CCO. The molecule has 1 aromatic heterocycles. The second-order valence-corrected chi connectivity index (χ2v) is 5.38. The quantitative estimate of drug-likeness (QED) is 0.860.